The number of unbranched alkanes of at least 4 members (excludes halogenated alkanes) is 3. The highest BCUT2D eigenvalue weighted by molar-refractivity contribution is 7.90. The number of hydrazine groups is 1. The molecule has 1 heterocycles. The summed E-state index contributed by atoms with van der Waals surface area (Å²) in [5, 5.41) is 0. The number of rotatable bonds is 10. The number of hydrogen-bond donors (Lipinski definition) is 3. The van der Waals surface area contributed by atoms with E-state index in [-0.39, 0.29) is 23.7 Å². The molecule has 1 aliphatic heterocycles. The minimum absolute atomic E-state index is 0.0293. The molecule has 0 unspecified atom stereocenters. The predicted molar refractivity (Wildman–Crippen MR) is 124 cm³/mol. The van der Waals surface area contributed by atoms with E-state index < -0.39 is 21.8 Å². The van der Waals surface area contributed by atoms with Gasteiger partial charge in [0, 0.05) is 17.5 Å². The minimum Gasteiger partial charge on any atom is -0.494 e. The van der Waals surface area contributed by atoms with Crippen LogP contribution in [0.3, 0.4) is 0 Å². The number of hydrogen-bond acceptors (Lipinski definition) is 6. The zero-order valence-electron chi connectivity index (χ0n) is 18.5. The standard InChI is InChI=1S/C23H28N4O5S/c1-2-3-4-7-16-32-18-12-10-17(11-13-18)23(29)26-25-21(28)14-15-24-22-19-8-5-6-9-20(19)33(30,31)27-22/h5-6,8-13H,2-4,7,14-16H2,1H3,(H,24,27)(H,25,28)(H,26,29). The number of nitrogens with one attached hydrogen (secondary N) is 3. The Bertz CT molecular complexity index is 1110. The first-order valence-corrected chi connectivity index (χ1v) is 12.4. The van der Waals surface area contributed by atoms with E-state index in [0.29, 0.717) is 23.5 Å². The predicted octanol–water partition coefficient (Wildman–Crippen LogP) is 2.54. The van der Waals surface area contributed by atoms with Crippen molar-refractivity contribution in [2.75, 3.05) is 13.2 Å². The third kappa shape index (κ3) is 6.79. The van der Waals surface area contributed by atoms with E-state index in [1.54, 1.807) is 42.5 Å². The number of aliphatic imine (C=N–C) groups is 1. The fourth-order valence-electron chi connectivity index (χ4n) is 3.20. The number of sulfonamides is 1. The summed E-state index contributed by atoms with van der Waals surface area (Å²) in [4.78, 5) is 28.6. The number of carbonyl (C=O) groups is 2. The molecule has 0 aliphatic carbocycles. The zero-order valence-corrected chi connectivity index (χ0v) is 19.3. The summed E-state index contributed by atoms with van der Waals surface area (Å²) in [7, 11) is -3.62. The molecule has 0 fully saturated rings. The summed E-state index contributed by atoms with van der Waals surface area (Å²) in [6, 6.07) is 13.2. The van der Waals surface area contributed by atoms with Crippen LogP contribution in [0.1, 0.15) is 54.9 Å². The SMILES string of the molecule is CCCCCCOc1ccc(C(=O)NNC(=O)CCN=C2NS(=O)(=O)c3ccccc32)cc1. The van der Waals surface area contributed by atoms with Crippen molar-refractivity contribution in [1.29, 1.82) is 0 Å². The molecule has 0 atom stereocenters. The van der Waals surface area contributed by atoms with Gasteiger partial charge >= 0.3 is 0 Å². The Labute approximate surface area is 193 Å². The molecule has 0 spiro atoms. The number of amides is 2. The van der Waals surface area contributed by atoms with E-state index in [4.69, 9.17) is 4.74 Å². The van der Waals surface area contributed by atoms with Crippen LogP contribution in [0.25, 0.3) is 0 Å². The van der Waals surface area contributed by atoms with Crippen molar-refractivity contribution in [3.05, 3.63) is 59.7 Å². The second-order valence-corrected chi connectivity index (χ2v) is 9.17. The molecule has 3 N–H and O–H groups in total. The van der Waals surface area contributed by atoms with E-state index in [1.807, 2.05) is 0 Å². The minimum atomic E-state index is -3.62. The van der Waals surface area contributed by atoms with Gasteiger partial charge in [0.05, 0.1) is 18.0 Å². The van der Waals surface area contributed by atoms with Crippen LogP contribution in [0.2, 0.25) is 0 Å². The van der Waals surface area contributed by atoms with Gasteiger partial charge in [0.1, 0.15) is 11.6 Å². The van der Waals surface area contributed by atoms with Gasteiger partial charge in [-0.1, -0.05) is 38.3 Å². The molecule has 2 amide bonds. The van der Waals surface area contributed by atoms with Crippen molar-refractivity contribution in [2.24, 2.45) is 4.99 Å². The number of amidine groups is 1. The fourth-order valence-corrected chi connectivity index (χ4v) is 4.45. The third-order valence-electron chi connectivity index (χ3n) is 4.97. The first-order valence-electron chi connectivity index (χ1n) is 10.9. The molecular formula is C23H28N4O5S. The van der Waals surface area contributed by atoms with Crippen molar-refractivity contribution in [3.8, 4) is 5.75 Å². The van der Waals surface area contributed by atoms with Crippen molar-refractivity contribution >= 4 is 27.7 Å². The average molecular weight is 473 g/mol. The Morgan fingerprint density at radius 2 is 1.76 bits per heavy atom. The van der Waals surface area contributed by atoms with E-state index in [2.05, 4.69) is 27.5 Å². The molecule has 2 aromatic rings. The quantitative estimate of drug-likeness (QED) is 0.362. The summed E-state index contributed by atoms with van der Waals surface area (Å²) >= 11 is 0. The number of nitrogens with zero attached hydrogens (tertiary/aromatic N) is 1. The van der Waals surface area contributed by atoms with Crippen LogP contribution in [0.5, 0.6) is 5.75 Å². The Morgan fingerprint density at radius 1 is 1.00 bits per heavy atom. The molecule has 2 aromatic carbocycles. The Morgan fingerprint density at radius 3 is 2.52 bits per heavy atom. The lowest BCUT2D eigenvalue weighted by Crippen LogP contribution is -2.41. The highest BCUT2D eigenvalue weighted by atomic mass is 32.2. The first-order chi connectivity index (χ1) is 15.9. The number of fused-ring (bicyclic) bond motifs is 1. The summed E-state index contributed by atoms with van der Waals surface area (Å²) < 4.78 is 32.1. The lowest BCUT2D eigenvalue weighted by Gasteiger charge is -2.09. The van der Waals surface area contributed by atoms with Gasteiger partial charge < -0.3 is 4.74 Å². The van der Waals surface area contributed by atoms with Crippen LogP contribution >= 0.6 is 0 Å². The van der Waals surface area contributed by atoms with Gasteiger partial charge in [0.15, 0.2) is 0 Å². The van der Waals surface area contributed by atoms with Gasteiger partial charge in [0.25, 0.3) is 15.9 Å². The topological polar surface area (TPSA) is 126 Å². The van der Waals surface area contributed by atoms with Crippen molar-refractivity contribution in [3.63, 3.8) is 0 Å². The Balaban J connectivity index is 1.41. The Hall–Kier alpha value is -3.40. The van der Waals surface area contributed by atoms with Crippen LogP contribution in [0, 0.1) is 0 Å². The number of benzene rings is 2. The highest BCUT2D eigenvalue weighted by Gasteiger charge is 2.29. The van der Waals surface area contributed by atoms with E-state index in [1.165, 1.54) is 18.9 Å². The summed E-state index contributed by atoms with van der Waals surface area (Å²) in [6.45, 7) is 2.85. The van der Waals surface area contributed by atoms with E-state index in [0.717, 1.165) is 12.8 Å². The van der Waals surface area contributed by atoms with Crippen LogP contribution in [0.15, 0.2) is 58.4 Å². The van der Waals surface area contributed by atoms with Crippen molar-refractivity contribution in [1.82, 2.24) is 15.6 Å². The molecule has 0 aromatic heterocycles. The smallest absolute Gasteiger partial charge is 0.269 e. The summed E-state index contributed by atoms with van der Waals surface area (Å²) in [6.07, 6.45) is 4.45. The maximum absolute atomic E-state index is 12.2. The molecule has 9 nitrogen and oxygen atoms in total. The van der Waals surface area contributed by atoms with Crippen LogP contribution in [-0.2, 0) is 14.8 Å². The lowest BCUT2D eigenvalue weighted by atomic mass is 10.2. The molecule has 10 heteroatoms. The molecule has 0 radical (unpaired) electrons. The second kappa shape index (κ2) is 11.5. The maximum atomic E-state index is 12.2. The van der Waals surface area contributed by atoms with Crippen LogP contribution < -0.4 is 20.3 Å². The van der Waals surface area contributed by atoms with Gasteiger partial charge in [0.2, 0.25) is 5.91 Å². The monoisotopic (exact) mass is 472 g/mol. The van der Waals surface area contributed by atoms with E-state index in [9.17, 15) is 18.0 Å². The summed E-state index contributed by atoms with van der Waals surface area (Å²) in [5.41, 5.74) is 5.54. The van der Waals surface area contributed by atoms with Crippen LogP contribution in [-0.4, -0.2) is 39.2 Å². The first kappa shape index (κ1) is 24.2. The van der Waals surface area contributed by atoms with Gasteiger partial charge in [-0.15, -0.1) is 0 Å². The molecule has 176 valence electrons. The van der Waals surface area contributed by atoms with Crippen molar-refractivity contribution < 1.29 is 22.7 Å². The molecule has 33 heavy (non-hydrogen) atoms. The molecule has 3 rings (SSSR count). The molecule has 0 bridgehead atoms. The second-order valence-electron chi connectivity index (χ2n) is 7.52. The van der Waals surface area contributed by atoms with Gasteiger partial charge in [-0.2, -0.15) is 0 Å². The Kier molecular flexibility index (Phi) is 8.42. The lowest BCUT2D eigenvalue weighted by molar-refractivity contribution is -0.121. The molecule has 0 saturated heterocycles. The van der Waals surface area contributed by atoms with Crippen LogP contribution in [0.4, 0.5) is 0 Å². The molecule has 1 aliphatic rings. The number of carbonyl (C=O) groups excluding carboxylic acids is 2. The highest BCUT2D eigenvalue weighted by Crippen LogP contribution is 2.22. The van der Waals surface area contributed by atoms with Gasteiger partial charge in [-0.05, 0) is 42.8 Å². The zero-order chi connectivity index (χ0) is 23.7. The van der Waals surface area contributed by atoms with E-state index >= 15 is 0 Å². The number of ether oxygens (including phenoxy) is 1. The largest absolute Gasteiger partial charge is 0.494 e. The summed E-state index contributed by atoms with van der Waals surface area (Å²) in [5.74, 6) is -0.0130. The molecule has 0 saturated carbocycles. The average Bonchev–Trinajstić information content (AvgIpc) is 3.08. The molecular weight excluding hydrogens is 444 g/mol. The maximum Gasteiger partial charge on any atom is 0.269 e. The third-order valence-corrected chi connectivity index (χ3v) is 6.37. The van der Waals surface area contributed by atoms with Crippen molar-refractivity contribution in [2.45, 2.75) is 43.9 Å². The van der Waals surface area contributed by atoms with Gasteiger partial charge in [-0.3, -0.25) is 30.2 Å². The fraction of sp³-hybridized carbons (Fsp3) is 0.348. The van der Waals surface area contributed by atoms with Gasteiger partial charge in [-0.25, -0.2) is 8.42 Å². The normalized spacial score (nSPS) is 14.9.